The Morgan fingerprint density at radius 2 is 1.90 bits per heavy atom. The van der Waals surface area contributed by atoms with Crippen molar-refractivity contribution in [3.05, 3.63) is 35.4 Å². The van der Waals surface area contributed by atoms with Crippen molar-refractivity contribution in [1.29, 1.82) is 0 Å². The van der Waals surface area contributed by atoms with Crippen molar-refractivity contribution in [2.75, 3.05) is 13.6 Å². The maximum absolute atomic E-state index is 12.5. The van der Waals surface area contributed by atoms with Gasteiger partial charge in [-0.1, -0.05) is 31.2 Å². The van der Waals surface area contributed by atoms with Gasteiger partial charge in [-0.15, -0.1) is 0 Å². The highest BCUT2D eigenvalue weighted by Gasteiger charge is 2.24. The van der Waals surface area contributed by atoms with Crippen molar-refractivity contribution in [2.24, 2.45) is 0 Å². The first-order chi connectivity index (χ1) is 9.40. The Balaban J connectivity index is 2.91. The Morgan fingerprint density at radius 1 is 1.25 bits per heavy atom. The van der Waals surface area contributed by atoms with Crippen LogP contribution in [0.25, 0.3) is 0 Å². The van der Waals surface area contributed by atoms with E-state index in [0.717, 1.165) is 24.1 Å². The van der Waals surface area contributed by atoms with Gasteiger partial charge >= 0.3 is 0 Å². The third-order valence-corrected chi connectivity index (χ3v) is 5.12. The normalized spacial score (nSPS) is 12.3. The average Bonchev–Trinajstić information content (AvgIpc) is 2.35. The van der Waals surface area contributed by atoms with Gasteiger partial charge in [-0.25, -0.2) is 8.42 Å². The SMILES string of the molecule is CCCN(C(C)C)S(=O)(=O)Cc1cccc(CNC)c1. The number of hydrogen-bond donors (Lipinski definition) is 1. The second-order valence-corrected chi connectivity index (χ2v) is 7.23. The molecule has 20 heavy (non-hydrogen) atoms. The predicted octanol–water partition coefficient (Wildman–Crippen LogP) is 2.36. The molecule has 0 saturated heterocycles. The topological polar surface area (TPSA) is 49.4 Å². The van der Waals surface area contributed by atoms with Crippen LogP contribution >= 0.6 is 0 Å². The van der Waals surface area contributed by atoms with Crippen LogP contribution in [0.15, 0.2) is 24.3 Å². The summed E-state index contributed by atoms with van der Waals surface area (Å²) in [5, 5.41) is 3.08. The lowest BCUT2D eigenvalue weighted by molar-refractivity contribution is 0.353. The highest BCUT2D eigenvalue weighted by Crippen LogP contribution is 2.15. The summed E-state index contributed by atoms with van der Waals surface area (Å²) in [4.78, 5) is 0. The second-order valence-electron chi connectivity index (χ2n) is 5.31. The molecule has 0 atom stereocenters. The van der Waals surface area contributed by atoms with Crippen LogP contribution in [-0.2, 0) is 22.3 Å². The Kier molecular flexibility index (Phi) is 6.65. The van der Waals surface area contributed by atoms with E-state index < -0.39 is 10.0 Å². The molecule has 0 unspecified atom stereocenters. The first kappa shape index (κ1) is 17.1. The zero-order chi connectivity index (χ0) is 15.2. The van der Waals surface area contributed by atoms with Gasteiger partial charge < -0.3 is 5.32 Å². The zero-order valence-electron chi connectivity index (χ0n) is 12.9. The van der Waals surface area contributed by atoms with E-state index in [1.165, 1.54) is 0 Å². The molecule has 0 amide bonds. The smallest absolute Gasteiger partial charge is 0.218 e. The van der Waals surface area contributed by atoms with Crippen LogP contribution in [0.1, 0.15) is 38.3 Å². The van der Waals surface area contributed by atoms with Gasteiger partial charge in [0.25, 0.3) is 0 Å². The van der Waals surface area contributed by atoms with Gasteiger partial charge in [0.2, 0.25) is 10.0 Å². The van der Waals surface area contributed by atoms with Crippen LogP contribution in [-0.4, -0.2) is 32.4 Å². The highest BCUT2D eigenvalue weighted by atomic mass is 32.2. The third kappa shape index (κ3) is 4.89. The van der Waals surface area contributed by atoms with E-state index >= 15 is 0 Å². The Hall–Kier alpha value is -0.910. The van der Waals surface area contributed by atoms with E-state index in [0.29, 0.717) is 6.54 Å². The monoisotopic (exact) mass is 298 g/mol. The minimum absolute atomic E-state index is 0.000408. The minimum Gasteiger partial charge on any atom is -0.316 e. The lowest BCUT2D eigenvalue weighted by Gasteiger charge is -2.25. The molecule has 0 saturated carbocycles. The molecule has 0 fully saturated rings. The van der Waals surface area contributed by atoms with Gasteiger partial charge in [0.1, 0.15) is 0 Å². The van der Waals surface area contributed by atoms with Crippen LogP contribution in [0.5, 0.6) is 0 Å². The van der Waals surface area contributed by atoms with Gasteiger partial charge in [0.05, 0.1) is 5.75 Å². The molecule has 1 N–H and O–H groups in total. The first-order valence-corrected chi connectivity index (χ1v) is 8.73. The van der Waals surface area contributed by atoms with E-state index in [1.807, 2.05) is 52.1 Å². The molecular formula is C15H26N2O2S. The molecule has 0 aliphatic heterocycles. The van der Waals surface area contributed by atoms with Gasteiger partial charge in [-0.05, 0) is 38.4 Å². The van der Waals surface area contributed by atoms with Gasteiger partial charge in [0.15, 0.2) is 0 Å². The fourth-order valence-corrected chi connectivity index (χ4v) is 4.14. The van der Waals surface area contributed by atoms with E-state index in [4.69, 9.17) is 0 Å². The molecule has 0 heterocycles. The number of sulfonamides is 1. The molecule has 0 aliphatic rings. The second kappa shape index (κ2) is 7.76. The average molecular weight is 298 g/mol. The lowest BCUT2D eigenvalue weighted by Crippen LogP contribution is -2.38. The van der Waals surface area contributed by atoms with Gasteiger partial charge in [-0.3, -0.25) is 0 Å². The number of benzene rings is 1. The zero-order valence-corrected chi connectivity index (χ0v) is 13.7. The molecule has 0 bridgehead atoms. The predicted molar refractivity (Wildman–Crippen MR) is 84.0 cm³/mol. The van der Waals surface area contributed by atoms with E-state index in [2.05, 4.69) is 5.32 Å². The maximum Gasteiger partial charge on any atom is 0.218 e. The van der Waals surface area contributed by atoms with Gasteiger partial charge in [0, 0.05) is 19.1 Å². The first-order valence-electron chi connectivity index (χ1n) is 7.12. The van der Waals surface area contributed by atoms with E-state index in [9.17, 15) is 8.42 Å². The summed E-state index contributed by atoms with van der Waals surface area (Å²) in [5.74, 6) is 0.0722. The summed E-state index contributed by atoms with van der Waals surface area (Å²) < 4.78 is 26.6. The summed E-state index contributed by atoms with van der Waals surface area (Å²) in [6, 6.07) is 7.75. The summed E-state index contributed by atoms with van der Waals surface area (Å²) in [5.41, 5.74) is 1.95. The van der Waals surface area contributed by atoms with Gasteiger partial charge in [-0.2, -0.15) is 4.31 Å². The van der Waals surface area contributed by atoms with Crippen LogP contribution in [0.4, 0.5) is 0 Å². The van der Waals surface area contributed by atoms with Crippen molar-refractivity contribution < 1.29 is 8.42 Å². The van der Waals surface area contributed by atoms with Crippen LogP contribution in [0.2, 0.25) is 0 Å². The van der Waals surface area contributed by atoms with E-state index in [-0.39, 0.29) is 11.8 Å². The maximum atomic E-state index is 12.5. The molecule has 4 nitrogen and oxygen atoms in total. The molecule has 0 spiro atoms. The van der Waals surface area contributed by atoms with Crippen molar-refractivity contribution in [1.82, 2.24) is 9.62 Å². The summed E-state index contributed by atoms with van der Waals surface area (Å²) in [6.07, 6.45) is 0.831. The number of rotatable bonds is 8. The van der Waals surface area contributed by atoms with Crippen LogP contribution in [0.3, 0.4) is 0 Å². The van der Waals surface area contributed by atoms with E-state index in [1.54, 1.807) is 4.31 Å². The molecule has 1 aromatic rings. The van der Waals surface area contributed by atoms with Crippen LogP contribution < -0.4 is 5.32 Å². The largest absolute Gasteiger partial charge is 0.316 e. The Bertz CT molecular complexity index is 512. The molecule has 114 valence electrons. The molecule has 5 heteroatoms. The van der Waals surface area contributed by atoms with Crippen molar-refractivity contribution in [3.63, 3.8) is 0 Å². The van der Waals surface area contributed by atoms with Crippen molar-refractivity contribution >= 4 is 10.0 Å². The highest BCUT2D eigenvalue weighted by molar-refractivity contribution is 7.88. The minimum atomic E-state index is -3.26. The summed E-state index contributed by atoms with van der Waals surface area (Å²) in [6.45, 7) is 7.17. The summed E-state index contributed by atoms with van der Waals surface area (Å²) >= 11 is 0. The molecule has 1 aromatic carbocycles. The number of hydrogen-bond acceptors (Lipinski definition) is 3. The third-order valence-electron chi connectivity index (χ3n) is 3.10. The molecule has 0 radical (unpaired) electrons. The molecule has 0 aromatic heterocycles. The van der Waals surface area contributed by atoms with Crippen LogP contribution in [0, 0.1) is 0 Å². The quantitative estimate of drug-likeness (QED) is 0.801. The standard InChI is InChI=1S/C15H26N2O2S/c1-5-9-17(13(2)3)20(18,19)12-15-8-6-7-14(10-15)11-16-4/h6-8,10,13,16H,5,9,11-12H2,1-4H3. The number of nitrogens with one attached hydrogen (secondary N) is 1. The number of nitrogens with zero attached hydrogens (tertiary/aromatic N) is 1. The van der Waals surface area contributed by atoms with Crippen molar-refractivity contribution in [3.8, 4) is 0 Å². The lowest BCUT2D eigenvalue weighted by atomic mass is 10.1. The molecular weight excluding hydrogens is 272 g/mol. The molecule has 0 aliphatic carbocycles. The fraction of sp³-hybridized carbons (Fsp3) is 0.600. The summed E-state index contributed by atoms with van der Waals surface area (Å²) in [7, 11) is -1.38. The molecule has 1 rings (SSSR count). The fourth-order valence-electron chi connectivity index (χ4n) is 2.27. The Morgan fingerprint density at radius 3 is 2.45 bits per heavy atom. The van der Waals surface area contributed by atoms with Crippen molar-refractivity contribution in [2.45, 2.75) is 45.5 Å². The Labute approximate surface area is 123 Å².